The van der Waals surface area contributed by atoms with Gasteiger partial charge in [-0.1, -0.05) is 100 Å². The van der Waals surface area contributed by atoms with Crippen LogP contribution in [-0.2, 0) is 30.3 Å². The van der Waals surface area contributed by atoms with E-state index in [1.807, 2.05) is 41.5 Å². The second kappa shape index (κ2) is 13.1. The van der Waals surface area contributed by atoms with Crippen molar-refractivity contribution in [2.24, 2.45) is 10.8 Å². The number of fused-ring (bicyclic) bond motifs is 1. The van der Waals surface area contributed by atoms with Gasteiger partial charge in [0.2, 0.25) is 0 Å². The van der Waals surface area contributed by atoms with Gasteiger partial charge < -0.3 is 5.11 Å². The number of benzene rings is 2. The summed E-state index contributed by atoms with van der Waals surface area (Å²) in [7, 11) is 0. The zero-order valence-electron chi connectivity index (χ0n) is 26.2. The zero-order chi connectivity index (χ0) is 29.2. The van der Waals surface area contributed by atoms with Gasteiger partial charge in [-0.05, 0) is 53.0 Å². The molecule has 4 rings (SSSR count). The Hall–Kier alpha value is -2.29. The maximum absolute atomic E-state index is 11.5. The van der Waals surface area contributed by atoms with Gasteiger partial charge in [-0.2, -0.15) is 0 Å². The van der Waals surface area contributed by atoms with Gasteiger partial charge in [-0.15, -0.1) is 34.9 Å². The maximum atomic E-state index is 11.5. The molecule has 0 unspecified atom stereocenters. The van der Waals surface area contributed by atoms with Crippen molar-refractivity contribution in [1.29, 1.82) is 0 Å². The van der Waals surface area contributed by atoms with Gasteiger partial charge in [-0.3, -0.25) is 9.78 Å². The van der Waals surface area contributed by atoms with E-state index in [1.54, 1.807) is 0 Å². The summed E-state index contributed by atoms with van der Waals surface area (Å²) in [5.74, 6) is 0.853. The fourth-order valence-corrected chi connectivity index (χ4v) is 4.65. The quantitative estimate of drug-likeness (QED) is 0.167. The zero-order valence-corrected chi connectivity index (χ0v) is 28.6. The van der Waals surface area contributed by atoms with Crippen molar-refractivity contribution < 1.29 is 30.0 Å². The molecule has 0 amide bonds. The largest absolute Gasteiger partial charge is 0.512 e. The van der Waals surface area contributed by atoms with Crippen LogP contribution in [-0.4, -0.2) is 15.9 Å². The minimum absolute atomic E-state index is 0. The number of aliphatic hydroxyl groups excluding tert-OH is 1. The average molecular weight is 719 g/mol. The van der Waals surface area contributed by atoms with Crippen LogP contribution in [0, 0.1) is 23.8 Å². The molecule has 4 heteroatoms. The molecule has 3 nitrogen and oxygen atoms in total. The summed E-state index contributed by atoms with van der Waals surface area (Å²) >= 11 is 0. The Balaban J connectivity index is 0.000000344. The van der Waals surface area contributed by atoms with E-state index in [1.165, 1.54) is 53.8 Å². The predicted octanol–water partition coefficient (Wildman–Crippen LogP) is 10.1. The molecule has 1 saturated carbocycles. The molecule has 0 saturated heterocycles. The van der Waals surface area contributed by atoms with Gasteiger partial charge >= 0.3 is 0 Å². The van der Waals surface area contributed by atoms with Crippen LogP contribution in [0.2, 0.25) is 0 Å². The number of aromatic nitrogens is 1. The van der Waals surface area contributed by atoms with Crippen molar-refractivity contribution in [3.05, 3.63) is 77.1 Å². The number of ketones is 1. The van der Waals surface area contributed by atoms with Gasteiger partial charge in [0.05, 0.1) is 5.52 Å². The third-order valence-electron chi connectivity index (χ3n) is 7.46. The van der Waals surface area contributed by atoms with Crippen molar-refractivity contribution in [2.45, 2.75) is 106 Å². The molecule has 1 N–H and O–H groups in total. The van der Waals surface area contributed by atoms with Crippen LogP contribution in [0.3, 0.4) is 0 Å². The summed E-state index contributed by atoms with van der Waals surface area (Å²) < 4.78 is 0. The van der Waals surface area contributed by atoms with Crippen LogP contribution >= 0.6 is 0 Å². The van der Waals surface area contributed by atoms with Crippen LogP contribution < -0.4 is 0 Å². The van der Waals surface area contributed by atoms with Crippen LogP contribution in [0.4, 0.5) is 0 Å². The van der Waals surface area contributed by atoms with E-state index >= 15 is 0 Å². The molecular formula is C36H48IrNO2-. The number of aliphatic hydroxyl groups is 1. The molecule has 2 aromatic carbocycles. The van der Waals surface area contributed by atoms with Crippen LogP contribution in [0.5, 0.6) is 0 Å². The first-order valence-corrected chi connectivity index (χ1v) is 14.4. The number of nitrogens with zero attached hydrogens (tertiary/aromatic N) is 1. The van der Waals surface area contributed by atoms with Gasteiger partial charge in [0.1, 0.15) is 5.76 Å². The molecular weight excluding hydrogens is 671 g/mol. The number of carbonyl (C=O) groups excluding carboxylic acids is 1. The fourth-order valence-electron chi connectivity index (χ4n) is 4.65. The number of allylic oxidation sites excluding steroid dienone is 2. The van der Waals surface area contributed by atoms with E-state index < -0.39 is 5.41 Å². The Kier molecular flexibility index (Phi) is 11.1. The number of carbonyl (C=O) groups is 1. The third kappa shape index (κ3) is 9.11. The topological polar surface area (TPSA) is 50.2 Å². The van der Waals surface area contributed by atoms with Gasteiger partial charge in [0.25, 0.3) is 0 Å². The molecule has 0 atom stereocenters. The van der Waals surface area contributed by atoms with E-state index in [4.69, 9.17) is 4.98 Å². The monoisotopic (exact) mass is 719 g/mol. The summed E-state index contributed by atoms with van der Waals surface area (Å²) in [5, 5.41) is 10.8. The number of pyridine rings is 1. The SMILES string of the molecule is CC(C)(C)C(=O)/C=C(\O)C(C)(C)C.Cc1[c-]c(-c2ccc3cc(C4CCCC4)ccc3n2)cc(C(C)(C)C)c1.[Ir]. The molecule has 1 radical (unpaired) electrons. The number of aryl methyl sites for hydroxylation is 1. The van der Waals surface area contributed by atoms with E-state index in [0.29, 0.717) is 0 Å². The Bertz CT molecular complexity index is 1340. The molecule has 0 bridgehead atoms. The summed E-state index contributed by atoms with van der Waals surface area (Å²) in [4.78, 5) is 16.4. The molecule has 1 aromatic heterocycles. The van der Waals surface area contributed by atoms with E-state index in [2.05, 4.69) is 76.2 Å². The second-order valence-corrected chi connectivity index (χ2v) is 14.2. The van der Waals surface area contributed by atoms with Gasteiger partial charge in [0, 0.05) is 37.0 Å². The first-order chi connectivity index (χ1) is 17.9. The molecule has 1 fully saturated rings. The van der Waals surface area contributed by atoms with Crippen molar-refractivity contribution in [2.75, 3.05) is 0 Å². The molecule has 1 aliphatic rings. The minimum Gasteiger partial charge on any atom is -0.512 e. The normalized spacial score (nSPS) is 14.9. The minimum atomic E-state index is -0.417. The second-order valence-electron chi connectivity index (χ2n) is 14.2. The van der Waals surface area contributed by atoms with Crippen molar-refractivity contribution >= 4 is 16.7 Å². The Morgan fingerprint density at radius 2 is 1.52 bits per heavy atom. The first kappa shape index (κ1) is 33.9. The molecule has 3 aromatic rings. The van der Waals surface area contributed by atoms with E-state index in [-0.39, 0.29) is 42.5 Å². The maximum Gasteiger partial charge on any atom is 0.164 e. The third-order valence-corrected chi connectivity index (χ3v) is 7.46. The standard InChI is InChI=1S/C25H28N.C11H20O2.Ir/c1-17-13-21(16-22(14-17)25(2,3)4)24-12-10-20-15-19(9-11-23(20)26-24)18-7-5-6-8-18;1-10(2,3)8(12)7-9(13)11(4,5)6;/h9-12,14-16,18H,5-8H2,1-4H3;7,12H,1-6H3;/q-1;;/b;8-7-;. The van der Waals surface area contributed by atoms with Gasteiger partial charge in [0.15, 0.2) is 5.78 Å². The van der Waals surface area contributed by atoms with Crippen LogP contribution in [0.15, 0.2) is 54.3 Å². The van der Waals surface area contributed by atoms with Crippen LogP contribution in [0.25, 0.3) is 22.2 Å². The van der Waals surface area contributed by atoms with E-state index in [9.17, 15) is 9.90 Å². The van der Waals surface area contributed by atoms with Crippen molar-refractivity contribution in [1.82, 2.24) is 4.98 Å². The Morgan fingerprint density at radius 1 is 0.900 bits per heavy atom. The molecule has 40 heavy (non-hydrogen) atoms. The smallest absolute Gasteiger partial charge is 0.164 e. The summed E-state index contributed by atoms with van der Waals surface area (Å²) in [5.41, 5.74) is 6.55. The number of hydrogen-bond acceptors (Lipinski definition) is 3. The predicted molar refractivity (Wildman–Crippen MR) is 165 cm³/mol. The van der Waals surface area contributed by atoms with E-state index in [0.717, 1.165) is 22.7 Å². The molecule has 0 aliphatic heterocycles. The molecule has 1 aliphatic carbocycles. The summed E-state index contributed by atoms with van der Waals surface area (Å²) in [6.07, 6.45) is 6.76. The summed E-state index contributed by atoms with van der Waals surface area (Å²) in [6, 6.07) is 19.2. The van der Waals surface area contributed by atoms with Crippen LogP contribution in [0.1, 0.15) is 111 Å². The molecule has 219 valence electrons. The Labute approximate surface area is 256 Å². The molecule has 1 heterocycles. The van der Waals surface area contributed by atoms with Crippen molar-refractivity contribution in [3.8, 4) is 11.3 Å². The summed E-state index contributed by atoms with van der Waals surface area (Å²) in [6.45, 7) is 20.0. The molecule has 0 spiro atoms. The van der Waals surface area contributed by atoms with Gasteiger partial charge in [-0.25, -0.2) is 0 Å². The number of hydrogen-bond donors (Lipinski definition) is 1. The fraction of sp³-hybridized carbons (Fsp3) is 0.500. The Morgan fingerprint density at radius 3 is 2.08 bits per heavy atom. The first-order valence-electron chi connectivity index (χ1n) is 14.4. The number of rotatable bonds is 3. The average Bonchev–Trinajstić information content (AvgIpc) is 3.37. The van der Waals surface area contributed by atoms with Crippen molar-refractivity contribution in [3.63, 3.8) is 0 Å².